The molecule has 0 radical (unpaired) electrons. The number of halogens is 1. The van der Waals surface area contributed by atoms with Crippen LogP contribution in [0.4, 0.5) is 10.3 Å². The minimum Gasteiger partial charge on any atom is -0.497 e. The zero-order chi connectivity index (χ0) is 20.6. The van der Waals surface area contributed by atoms with Gasteiger partial charge in [-0.15, -0.1) is 0 Å². The van der Waals surface area contributed by atoms with E-state index in [0.717, 1.165) is 11.3 Å². The van der Waals surface area contributed by atoms with E-state index in [1.54, 1.807) is 38.3 Å². The van der Waals surface area contributed by atoms with Crippen LogP contribution in [-0.4, -0.2) is 29.5 Å². The van der Waals surface area contributed by atoms with E-state index in [9.17, 15) is 9.18 Å². The van der Waals surface area contributed by atoms with Gasteiger partial charge in [0.1, 0.15) is 17.3 Å². The second kappa shape index (κ2) is 9.64. The lowest BCUT2D eigenvalue weighted by Gasteiger charge is -2.10. The van der Waals surface area contributed by atoms with Crippen molar-refractivity contribution in [2.45, 2.75) is 19.9 Å². The fourth-order valence-electron chi connectivity index (χ4n) is 2.79. The molecule has 0 atom stereocenters. The molecule has 2 aromatic carbocycles. The highest BCUT2D eigenvalue weighted by Crippen LogP contribution is 2.13. The van der Waals surface area contributed by atoms with E-state index < -0.39 is 0 Å². The van der Waals surface area contributed by atoms with E-state index in [-0.39, 0.29) is 17.4 Å². The number of methoxy groups -OCH3 is 1. The van der Waals surface area contributed by atoms with Crippen LogP contribution < -0.4 is 15.4 Å². The first-order chi connectivity index (χ1) is 14.0. The number of aromatic nitrogens is 2. The molecule has 6 nitrogen and oxygen atoms in total. The van der Waals surface area contributed by atoms with Gasteiger partial charge in [0.05, 0.1) is 7.11 Å². The van der Waals surface area contributed by atoms with Crippen molar-refractivity contribution in [3.63, 3.8) is 0 Å². The smallest absolute Gasteiger partial charge is 0.270 e. The minimum absolute atomic E-state index is 0.267. The van der Waals surface area contributed by atoms with Crippen LogP contribution in [0, 0.1) is 12.7 Å². The Labute approximate surface area is 169 Å². The molecule has 0 aliphatic carbocycles. The SMILES string of the molecule is COc1ccc(CNc2nc(C)cc(C(=O)NCCc3ccccc3F)n2)cc1. The Bertz CT molecular complexity index is 977. The van der Waals surface area contributed by atoms with Crippen LogP contribution in [0.15, 0.2) is 54.6 Å². The molecule has 0 bridgehead atoms. The zero-order valence-electron chi connectivity index (χ0n) is 16.4. The van der Waals surface area contributed by atoms with Gasteiger partial charge in [0.25, 0.3) is 5.91 Å². The Balaban J connectivity index is 1.58. The van der Waals surface area contributed by atoms with Crippen molar-refractivity contribution < 1.29 is 13.9 Å². The van der Waals surface area contributed by atoms with Crippen molar-refractivity contribution in [2.24, 2.45) is 0 Å². The van der Waals surface area contributed by atoms with Crippen LogP contribution in [0.25, 0.3) is 0 Å². The maximum Gasteiger partial charge on any atom is 0.270 e. The Morgan fingerprint density at radius 2 is 1.86 bits per heavy atom. The summed E-state index contributed by atoms with van der Waals surface area (Å²) in [6, 6.07) is 15.8. The normalized spacial score (nSPS) is 10.4. The summed E-state index contributed by atoms with van der Waals surface area (Å²) in [5.41, 5.74) is 2.54. The lowest BCUT2D eigenvalue weighted by Crippen LogP contribution is -2.27. The highest BCUT2D eigenvalue weighted by atomic mass is 19.1. The molecule has 0 aliphatic heterocycles. The highest BCUT2D eigenvalue weighted by molar-refractivity contribution is 5.92. The van der Waals surface area contributed by atoms with E-state index in [0.29, 0.717) is 36.7 Å². The fourth-order valence-corrected chi connectivity index (χ4v) is 2.79. The summed E-state index contributed by atoms with van der Waals surface area (Å²) in [4.78, 5) is 21.1. The molecule has 29 heavy (non-hydrogen) atoms. The summed E-state index contributed by atoms with van der Waals surface area (Å²) in [6.07, 6.45) is 0.408. The predicted octanol–water partition coefficient (Wildman–Crippen LogP) is 3.52. The molecule has 1 aromatic heterocycles. The topological polar surface area (TPSA) is 76.1 Å². The van der Waals surface area contributed by atoms with Gasteiger partial charge < -0.3 is 15.4 Å². The summed E-state index contributed by atoms with van der Waals surface area (Å²) >= 11 is 0. The van der Waals surface area contributed by atoms with Gasteiger partial charge in [-0.1, -0.05) is 30.3 Å². The Morgan fingerprint density at radius 3 is 2.59 bits per heavy atom. The quantitative estimate of drug-likeness (QED) is 0.611. The summed E-state index contributed by atoms with van der Waals surface area (Å²) in [5.74, 6) is 0.568. The Kier molecular flexibility index (Phi) is 6.73. The number of ether oxygens (including phenoxy) is 1. The molecule has 3 aromatic rings. The number of hydrogen-bond donors (Lipinski definition) is 2. The largest absolute Gasteiger partial charge is 0.497 e. The van der Waals surface area contributed by atoms with E-state index in [2.05, 4.69) is 20.6 Å². The van der Waals surface area contributed by atoms with Crippen molar-refractivity contribution in [2.75, 3.05) is 19.0 Å². The van der Waals surface area contributed by atoms with Gasteiger partial charge in [-0.2, -0.15) is 0 Å². The molecule has 0 fully saturated rings. The summed E-state index contributed by atoms with van der Waals surface area (Å²) in [6.45, 7) is 2.63. The van der Waals surface area contributed by atoms with E-state index in [1.165, 1.54) is 6.07 Å². The number of rotatable bonds is 8. The molecule has 7 heteroatoms. The number of benzene rings is 2. The third-order valence-corrected chi connectivity index (χ3v) is 4.33. The van der Waals surface area contributed by atoms with Crippen LogP contribution in [0.3, 0.4) is 0 Å². The van der Waals surface area contributed by atoms with Crippen LogP contribution in [0.5, 0.6) is 5.75 Å². The van der Waals surface area contributed by atoms with Crippen molar-refractivity contribution in [1.82, 2.24) is 15.3 Å². The maximum absolute atomic E-state index is 13.7. The molecule has 150 valence electrons. The fraction of sp³-hybridized carbons (Fsp3) is 0.227. The summed E-state index contributed by atoms with van der Waals surface area (Å²) in [5, 5.41) is 5.91. The van der Waals surface area contributed by atoms with Gasteiger partial charge in [-0.3, -0.25) is 4.79 Å². The first kappa shape index (κ1) is 20.3. The molecule has 1 heterocycles. The van der Waals surface area contributed by atoms with Crippen molar-refractivity contribution in [3.05, 3.63) is 82.9 Å². The van der Waals surface area contributed by atoms with Crippen molar-refractivity contribution >= 4 is 11.9 Å². The molecule has 2 N–H and O–H groups in total. The van der Waals surface area contributed by atoms with Crippen molar-refractivity contribution in [3.8, 4) is 5.75 Å². The third kappa shape index (κ3) is 5.75. The maximum atomic E-state index is 13.7. The number of amides is 1. The minimum atomic E-state index is -0.320. The van der Waals surface area contributed by atoms with Gasteiger partial charge in [-0.05, 0) is 48.7 Å². The van der Waals surface area contributed by atoms with Crippen molar-refractivity contribution in [1.29, 1.82) is 0 Å². The molecule has 0 aliphatic rings. The number of aryl methyl sites for hydroxylation is 1. The first-order valence-electron chi connectivity index (χ1n) is 9.29. The third-order valence-electron chi connectivity index (χ3n) is 4.33. The number of hydrogen-bond acceptors (Lipinski definition) is 5. The van der Waals surface area contributed by atoms with Gasteiger partial charge in [0.15, 0.2) is 0 Å². The summed E-state index contributed by atoms with van der Waals surface area (Å²) < 4.78 is 18.8. The molecular weight excluding hydrogens is 371 g/mol. The lowest BCUT2D eigenvalue weighted by atomic mass is 10.1. The second-order valence-electron chi connectivity index (χ2n) is 6.52. The predicted molar refractivity (Wildman–Crippen MR) is 110 cm³/mol. The van der Waals surface area contributed by atoms with E-state index in [1.807, 2.05) is 24.3 Å². The van der Waals surface area contributed by atoms with Gasteiger partial charge >= 0.3 is 0 Å². The van der Waals surface area contributed by atoms with E-state index >= 15 is 0 Å². The van der Waals surface area contributed by atoms with Gasteiger partial charge in [-0.25, -0.2) is 14.4 Å². The number of carbonyl (C=O) groups is 1. The van der Waals surface area contributed by atoms with Crippen LogP contribution in [0.1, 0.15) is 27.3 Å². The number of nitrogens with zero attached hydrogens (tertiary/aromatic N) is 2. The zero-order valence-corrected chi connectivity index (χ0v) is 16.4. The summed E-state index contributed by atoms with van der Waals surface area (Å²) in [7, 11) is 1.62. The number of anilines is 1. The second-order valence-corrected chi connectivity index (χ2v) is 6.52. The molecule has 0 saturated heterocycles. The first-order valence-corrected chi connectivity index (χ1v) is 9.29. The molecule has 0 spiro atoms. The number of carbonyl (C=O) groups excluding carboxylic acids is 1. The molecule has 3 rings (SSSR count). The van der Waals surface area contributed by atoms with Crippen LogP contribution in [0.2, 0.25) is 0 Å². The van der Waals surface area contributed by atoms with Gasteiger partial charge in [0, 0.05) is 18.8 Å². The van der Waals surface area contributed by atoms with Gasteiger partial charge in [0.2, 0.25) is 5.95 Å². The Morgan fingerprint density at radius 1 is 1.10 bits per heavy atom. The average molecular weight is 394 g/mol. The van der Waals surface area contributed by atoms with E-state index in [4.69, 9.17) is 4.74 Å². The Hall–Kier alpha value is -3.48. The average Bonchev–Trinajstić information content (AvgIpc) is 2.73. The standard InChI is InChI=1S/C22H23FN4O2/c1-15-13-20(21(28)24-12-11-17-5-3-4-6-19(17)23)27-22(26-15)25-14-16-7-9-18(29-2)10-8-16/h3-10,13H,11-12,14H2,1-2H3,(H,24,28)(H,25,26,27). The highest BCUT2D eigenvalue weighted by Gasteiger charge is 2.11. The molecule has 0 saturated carbocycles. The molecule has 1 amide bonds. The number of nitrogens with one attached hydrogen (secondary N) is 2. The van der Waals surface area contributed by atoms with Crippen LogP contribution in [-0.2, 0) is 13.0 Å². The molecule has 0 unspecified atom stereocenters. The monoisotopic (exact) mass is 394 g/mol. The lowest BCUT2D eigenvalue weighted by molar-refractivity contribution is 0.0949. The van der Waals surface area contributed by atoms with Crippen LogP contribution >= 0.6 is 0 Å². The molecular formula is C22H23FN4O2.